The molecule has 1 rings (SSSR count). The molecule has 0 saturated heterocycles. The summed E-state index contributed by atoms with van der Waals surface area (Å²) in [5.74, 6) is -1.17. The number of aromatic carboxylic acids is 1. The molecule has 3 N–H and O–H groups in total. The molecule has 0 saturated carbocycles. The molecule has 1 aromatic rings. The van der Waals surface area contributed by atoms with E-state index in [1.807, 2.05) is 0 Å². The summed E-state index contributed by atoms with van der Waals surface area (Å²) in [6, 6.07) is 2.87. The molecule has 0 aromatic heterocycles. The van der Waals surface area contributed by atoms with E-state index in [1.165, 1.54) is 6.07 Å². The first kappa shape index (κ1) is 15.5. The van der Waals surface area contributed by atoms with Crippen molar-refractivity contribution in [3.8, 4) is 0 Å². The lowest BCUT2D eigenvalue weighted by molar-refractivity contribution is 0.0698. The molecule has 6 nitrogen and oxygen atoms in total. The van der Waals surface area contributed by atoms with Crippen LogP contribution in [0.2, 0.25) is 0 Å². The maximum absolute atomic E-state index is 11.8. The van der Waals surface area contributed by atoms with Crippen LogP contribution >= 0.6 is 0 Å². The third-order valence-corrected chi connectivity index (χ3v) is 3.59. The topological polar surface area (TPSA) is 95.5 Å². The Balaban J connectivity index is 3.24. The minimum Gasteiger partial charge on any atom is -0.478 e. The van der Waals surface area contributed by atoms with Gasteiger partial charge >= 0.3 is 5.97 Å². The smallest absolute Gasteiger partial charge is 0.337 e. The van der Waals surface area contributed by atoms with Crippen LogP contribution in [0.1, 0.15) is 35.3 Å². The van der Waals surface area contributed by atoms with Gasteiger partial charge in [0.1, 0.15) is 0 Å². The Kier molecular flexibility index (Phi) is 4.54. The van der Waals surface area contributed by atoms with E-state index in [1.54, 1.807) is 33.8 Å². The molecule has 0 atom stereocenters. The fraction of sp³-hybridized carbons (Fsp3) is 0.417. The first-order chi connectivity index (χ1) is 8.62. The Morgan fingerprint density at radius 1 is 1.26 bits per heavy atom. The number of carboxylic acid groups (broad SMARTS) is 1. The SMILES string of the molecule is Cc1cc(C)c(NS(=O)(=O)NC(C)C)c(C(=O)O)c1. The first-order valence-corrected chi connectivity index (χ1v) is 7.25. The van der Waals surface area contributed by atoms with Crippen LogP contribution < -0.4 is 9.44 Å². The van der Waals surface area contributed by atoms with Gasteiger partial charge in [0.05, 0.1) is 11.3 Å². The Labute approximate surface area is 113 Å². The van der Waals surface area contributed by atoms with Crippen molar-refractivity contribution in [1.82, 2.24) is 4.72 Å². The molecular weight excluding hydrogens is 268 g/mol. The maximum Gasteiger partial charge on any atom is 0.337 e. The van der Waals surface area contributed by atoms with Gasteiger partial charge in [0, 0.05) is 6.04 Å². The molecule has 19 heavy (non-hydrogen) atoms. The van der Waals surface area contributed by atoms with Gasteiger partial charge in [-0.25, -0.2) is 4.79 Å². The Hall–Kier alpha value is -1.60. The van der Waals surface area contributed by atoms with Crippen LogP contribution in [0.15, 0.2) is 12.1 Å². The number of hydrogen-bond donors (Lipinski definition) is 3. The molecule has 0 fully saturated rings. The van der Waals surface area contributed by atoms with Crippen LogP contribution in [0.25, 0.3) is 0 Å². The van der Waals surface area contributed by atoms with Crippen LogP contribution in [-0.2, 0) is 10.2 Å². The molecule has 7 heteroatoms. The molecule has 0 bridgehead atoms. The van der Waals surface area contributed by atoms with E-state index in [4.69, 9.17) is 5.11 Å². The number of carboxylic acids is 1. The minimum atomic E-state index is -3.79. The number of anilines is 1. The number of benzene rings is 1. The summed E-state index contributed by atoms with van der Waals surface area (Å²) in [6.07, 6.45) is 0. The van der Waals surface area contributed by atoms with Gasteiger partial charge in [0.2, 0.25) is 0 Å². The zero-order chi connectivity index (χ0) is 14.8. The predicted octanol–water partition coefficient (Wildman–Crippen LogP) is 1.66. The van der Waals surface area contributed by atoms with Crippen LogP contribution in [0.5, 0.6) is 0 Å². The largest absolute Gasteiger partial charge is 0.478 e. The second kappa shape index (κ2) is 5.58. The Bertz CT molecular complexity index is 594. The van der Waals surface area contributed by atoms with Gasteiger partial charge in [-0.2, -0.15) is 13.1 Å². The van der Waals surface area contributed by atoms with Gasteiger partial charge in [-0.3, -0.25) is 4.72 Å². The summed E-state index contributed by atoms with van der Waals surface area (Å²) in [5.41, 5.74) is 1.35. The molecule has 0 unspecified atom stereocenters. The van der Waals surface area contributed by atoms with Gasteiger partial charge in [0.15, 0.2) is 0 Å². The van der Waals surface area contributed by atoms with Crippen molar-refractivity contribution in [2.45, 2.75) is 33.7 Å². The van der Waals surface area contributed by atoms with E-state index < -0.39 is 16.2 Å². The number of rotatable bonds is 5. The lowest BCUT2D eigenvalue weighted by atomic mass is 10.0. The van der Waals surface area contributed by atoms with Crippen LogP contribution in [0.4, 0.5) is 5.69 Å². The monoisotopic (exact) mass is 286 g/mol. The normalized spacial score (nSPS) is 11.6. The quantitative estimate of drug-likeness (QED) is 0.767. The molecule has 1 aromatic carbocycles. The zero-order valence-corrected chi connectivity index (χ0v) is 12.1. The van der Waals surface area contributed by atoms with Crippen LogP contribution in [-0.4, -0.2) is 25.5 Å². The van der Waals surface area contributed by atoms with Crippen LogP contribution in [0.3, 0.4) is 0 Å². The minimum absolute atomic E-state index is 0.0633. The van der Waals surface area contributed by atoms with Gasteiger partial charge in [-0.15, -0.1) is 0 Å². The molecule has 0 heterocycles. The summed E-state index contributed by atoms with van der Waals surface area (Å²) < 4.78 is 28.2. The molecule has 0 spiro atoms. The predicted molar refractivity (Wildman–Crippen MR) is 73.7 cm³/mol. The summed E-state index contributed by atoms with van der Waals surface area (Å²) in [6.45, 7) is 6.77. The highest BCUT2D eigenvalue weighted by Crippen LogP contribution is 2.23. The highest BCUT2D eigenvalue weighted by Gasteiger charge is 2.19. The van der Waals surface area contributed by atoms with Crippen molar-refractivity contribution in [2.24, 2.45) is 0 Å². The first-order valence-electron chi connectivity index (χ1n) is 5.77. The van der Waals surface area contributed by atoms with E-state index in [0.29, 0.717) is 5.56 Å². The molecule has 0 radical (unpaired) electrons. The van der Waals surface area contributed by atoms with Crippen molar-refractivity contribution in [1.29, 1.82) is 0 Å². The van der Waals surface area contributed by atoms with Crippen molar-refractivity contribution in [3.05, 3.63) is 28.8 Å². The number of carbonyl (C=O) groups is 1. The Morgan fingerprint density at radius 3 is 2.32 bits per heavy atom. The van der Waals surface area contributed by atoms with E-state index in [2.05, 4.69) is 9.44 Å². The molecule has 106 valence electrons. The second-order valence-electron chi connectivity index (χ2n) is 4.69. The lowest BCUT2D eigenvalue weighted by Gasteiger charge is -2.16. The number of hydrogen-bond acceptors (Lipinski definition) is 3. The molecule has 0 aliphatic rings. The van der Waals surface area contributed by atoms with E-state index in [0.717, 1.165) is 5.56 Å². The zero-order valence-electron chi connectivity index (χ0n) is 11.3. The van der Waals surface area contributed by atoms with Gasteiger partial charge < -0.3 is 5.11 Å². The average Bonchev–Trinajstić information content (AvgIpc) is 2.19. The third kappa shape index (κ3) is 4.22. The summed E-state index contributed by atoms with van der Waals surface area (Å²) in [5, 5.41) is 9.14. The number of nitrogens with one attached hydrogen (secondary N) is 2. The highest BCUT2D eigenvalue weighted by atomic mass is 32.2. The molecule has 0 aliphatic heterocycles. The summed E-state index contributed by atoms with van der Waals surface area (Å²) in [4.78, 5) is 11.2. The summed E-state index contributed by atoms with van der Waals surface area (Å²) >= 11 is 0. The fourth-order valence-electron chi connectivity index (χ4n) is 1.75. The van der Waals surface area contributed by atoms with Crippen molar-refractivity contribution in [2.75, 3.05) is 4.72 Å². The molecular formula is C12H18N2O4S. The fourth-order valence-corrected chi connectivity index (χ4v) is 2.97. The van der Waals surface area contributed by atoms with E-state index >= 15 is 0 Å². The Morgan fingerprint density at radius 2 is 1.84 bits per heavy atom. The van der Waals surface area contributed by atoms with Gasteiger partial charge in [-0.1, -0.05) is 6.07 Å². The molecule has 0 amide bonds. The van der Waals surface area contributed by atoms with E-state index in [-0.39, 0.29) is 17.3 Å². The molecule has 0 aliphatic carbocycles. The standard InChI is InChI=1S/C12H18N2O4S/c1-7(2)13-19(17,18)14-11-9(4)5-8(3)6-10(11)12(15)16/h5-7,13-14H,1-4H3,(H,15,16). The van der Waals surface area contributed by atoms with Crippen molar-refractivity contribution >= 4 is 21.9 Å². The van der Waals surface area contributed by atoms with Gasteiger partial charge in [0.25, 0.3) is 10.2 Å². The third-order valence-electron chi connectivity index (χ3n) is 2.34. The average molecular weight is 286 g/mol. The second-order valence-corrected chi connectivity index (χ2v) is 6.13. The highest BCUT2D eigenvalue weighted by molar-refractivity contribution is 7.90. The maximum atomic E-state index is 11.8. The van der Waals surface area contributed by atoms with Crippen molar-refractivity contribution < 1.29 is 18.3 Å². The van der Waals surface area contributed by atoms with Crippen LogP contribution in [0, 0.1) is 13.8 Å². The van der Waals surface area contributed by atoms with Crippen molar-refractivity contribution in [3.63, 3.8) is 0 Å². The number of aryl methyl sites for hydroxylation is 2. The van der Waals surface area contributed by atoms with Gasteiger partial charge in [-0.05, 0) is 44.9 Å². The lowest BCUT2D eigenvalue weighted by Crippen LogP contribution is -2.35. The van der Waals surface area contributed by atoms with E-state index in [9.17, 15) is 13.2 Å². The summed E-state index contributed by atoms with van der Waals surface area (Å²) in [7, 11) is -3.79.